The molecule has 0 atom stereocenters. The minimum atomic E-state index is 0.809. The van der Waals surface area contributed by atoms with E-state index in [1.807, 2.05) is 6.20 Å². The Morgan fingerprint density at radius 3 is 2.78 bits per heavy atom. The second-order valence-electron chi connectivity index (χ2n) is 4.32. The van der Waals surface area contributed by atoms with Crippen molar-refractivity contribution in [3.05, 3.63) is 66.2 Å². The molecule has 0 saturated heterocycles. The van der Waals surface area contributed by atoms with Crippen LogP contribution in [0, 0.1) is 0 Å². The highest BCUT2D eigenvalue weighted by Gasteiger charge is 2.00. The minimum Gasteiger partial charge on any atom is -0.347 e. The third-order valence-electron chi connectivity index (χ3n) is 3.07. The van der Waals surface area contributed by atoms with E-state index >= 15 is 0 Å². The average Bonchev–Trinajstić information content (AvgIpc) is 2.92. The number of rotatable bonds is 4. The second kappa shape index (κ2) is 5.02. The summed E-state index contributed by atoms with van der Waals surface area (Å²) in [7, 11) is 0. The van der Waals surface area contributed by atoms with Gasteiger partial charge in [0, 0.05) is 25.0 Å². The molecule has 1 aromatic heterocycles. The van der Waals surface area contributed by atoms with Crippen LogP contribution in [0.5, 0.6) is 0 Å². The van der Waals surface area contributed by atoms with Gasteiger partial charge in [0.25, 0.3) is 0 Å². The lowest BCUT2D eigenvalue weighted by atomic mass is 10.0. The Balaban J connectivity index is 1.74. The number of nitrogens with zero attached hydrogens (tertiary/aromatic N) is 1. The summed E-state index contributed by atoms with van der Waals surface area (Å²) in [5, 5.41) is 6.03. The normalized spacial score (nSPS) is 10.9. The molecule has 1 heterocycles. The Morgan fingerprint density at radius 2 is 1.89 bits per heavy atom. The van der Waals surface area contributed by atoms with E-state index in [1.54, 1.807) is 6.33 Å². The highest BCUT2D eigenvalue weighted by atomic mass is 14.9. The predicted molar refractivity (Wildman–Crippen MR) is 73.1 cm³/mol. The zero-order chi connectivity index (χ0) is 12.2. The molecule has 0 bridgehead atoms. The first-order valence-electron chi connectivity index (χ1n) is 6.08. The fourth-order valence-corrected chi connectivity index (χ4v) is 2.16. The van der Waals surface area contributed by atoms with Crippen LogP contribution in [0.1, 0.15) is 11.3 Å². The standard InChI is InChI=1S/C15H15N3/c1-2-7-15-12(4-1)5-3-6-13(15)8-16-9-14-10-17-11-18-14/h1-7,10-11,16H,8-9H2,(H,17,18). The van der Waals surface area contributed by atoms with Crippen molar-refractivity contribution in [1.82, 2.24) is 15.3 Å². The summed E-state index contributed by atoms with van der Waals surface area (Å²) >= 11 is 0. The summed E-state index contributed by atoms with van der Waals surface area (Å²) in [5.74, 6) is 0. The zero-order valence-electron chi connectivity index (χ0n) is 10.1. The van der Waals surface area contributed by atoms with Gasteiger partial charge in [0.05, 0.1) is 6.33 Å². The first kappa shape index (κ1) is 11.0. The largest absolute Gasteiger partial charge is 0.347 e. The third-order valence-corrected chi connectivity index (χ3v) is 3.07. The van der Waals surface area contributed by atoms with Crippen molar-refractivity contribution in [2.45, 2.75) is 13.1 Å². The molecule has 3 nitrogen and oxygen atoms in total. The van der Waals surface area contributed by atoms with Crippen LogP contribution in [0.15, 0.2) is 55.0 Å². The molecule has 0 aliphatic heterocycles. The Bertz CT molecular complexity index is 624. The molecule has 18 heavy (non-hydrogen) atoms. The number of hydrogen-bond donors (Lipinski definition) is 2. The molecule has 3 rings (SSSR count). The lowest BCUT2D eigenvalue weighted by Crippen LogP contribution is -2.13. The monoisotopic (exact) mass is 237 g/mol. The van der Waals surface area contributed by atoms with Gasteiger partial charge in [-0.15, -0.1) is 0 Å². The molecule has 0 fully saturated rings. The molecule has 0 aliphatic rings. The fourth-order valence-electron chi connectivity index (χ4n) is 2.16. The van der Waals surface area contributed by atoms with E-state index in [2.05, 4.69) is 57.7 Å². The van der Waals surface area contributed by atoms with Crippen molar-refractivity contribution in [3.63, 3.8) is 0 Å². The molecule has 0 saturated carbocycles. The molecule has 90 valence electrons. The van der Waals surface area contributed by atoms with Crippen molar-refractivity contribution < 1.29 is 0 Å². The van der Waals surface area contributed by atoms with Crippen molar-refractivity contribution in [2.24, 2.45) is 0 Å². The van der Waals surface area contributed by atoms with Crippen LogP contribution < -0.4 is 5.32 Å². The molecule has 3 heteroatoms. The van der Waals surface area contributed by atoms with Gasteiger partial charge in [0.1, 0.15) is 0 Å². The zero-order valence-corrected chi connectivity index (χ0v) is 10.1. The van der Waals surface area contributed by atoms with Crippen LogP contribution in [0.25, 0.3) is 10.8 Å². The van der Waals surface area contributed by atoms with Crippen LogP contribution >= 0.6 is 0 Å². The highest BCUT2D eigenvalue weighted by molar-refractivity contribution is 5.85. The highest BCUT2D eigenvalue weighted by Crippen LogP contribution is 2.18. The summed E-state index contributed by atoms with van der Waals surface area (Å²) < 4.78 is 0. The van der Waals surface area contributed by atoms with Crippen LogP contribution in [-0.4, -0.2) is 9.97 Å². The van der Waals surface area contributed by atoms with Crippen LogP contribution in [0.2, 0.25) is 0 Å². The SMILES string of the molecule is c1ccc2c(CNCc3cnc[nH]3)cccc2c1. The molecular formula is C15H15N3. The van der Waals surface area contributed by atoms with Crippen LogP contribution in [-0.2, 0) is 13.1 Å². The topological polar surface area (TPSA) is 40.7 Å². The van der Waals surface area contributed by atoms with Gasteiger partial charge in [-0.3, -0.25) is 0 Å². The summed E-state index contributed by atoms with van der Waals surface area (Å²) in [5.41, 5.74) is 2.43. The van der Waals surface area contributed by atoms with Gasteiger partial charge in [-0.25, -0.2) is 4.98 Å². The van der Waals surface area contributed by atoms with Crippen LogP contribution in [0.4, 0.5) is 0 Å². The lowest BCUT2D eigenvalue weighted by Gasteiger charge is -2.07. The van der Waals surface area contributed by atoms with E-state index in [4.69, 9.17) is 0 Å². The number of imidazole rings is 1. The van der Waals surface area contributed by atoms with Crippen molar-refractivity contribution in [1.29, 1.82) is 0 Å². The summed E-state index contributed by atoms with van der Waals surface area (Å²) in [4.78, 5) is 7.09. The fraction of sp³-hybridized carbons (Fsp3) is 0.133. The average molecular weight is 237 g/mol. The number of fused-ring (bicyclic) bond motifs is 1. The molecule has 0 spiro atoms. The number of benzene rings is 2. The lowest BCUT2D eigenvalue weighted by molar-refractivity contribution is 0.685. The molecule has 0 aliphatic carbocycles. The second-order valence-corrected chi connectivity index (χ2v) is 4.32. The predicted octanol–water partition coefficient (Wildman–Crippen LogP) is 2.85. The van der Waals surface area contributed by atoms with E-state index in [0.29, 0.717) is 0 Å². The molecule has 0 amide bonds. The first-order chi connectivity index (χ1) is 8.93. The van der Waals surface area contributed by atoms with Gasteiger partial charge in [-0.1, -0.05) is 42.5 Å². The number of nitrogens with one attached hydrogen (secondary N) is 2. The Morgan fingerprint density at radius 1 is 1.00 bits per heavy atom. The third kappa shape index (κ3) is 2.26. The Labute approximate surface area is 106 Å². The quantitative estimate of drug-likeness (QED) is 0.732. The van der Waals surface area contributed by atoms with E-state index in [-0.39, 0.29) is 0 Å². The van der Waals surface area contributed by atoms with Gasteiger partial charge >= 0.3 is 0 Å². The minimum absolute atomic E-state index is 0.809. The maximum atomic E-state index is 4.00. The van der Waals surface area contributed by atoms with Crippen molar-refractivity contribution in [2.75, 3.05) is 0 Å². The molecule has 0 unspecified atom stereocenters. The smallest absolute Gasteiger partial charge is 0.0922 e. The number of H-pyrrole nitrogens is 1. The number of aromatic amines is 1. The van der Waals surface area contributed by atoms with Gasteiger partial charge in [-0.05, 0) is 16.3 Å². The number of aromatic nitrogens is 2. The Hall–Kier alpha value is -2.13. The van der Waals surface area contributed by atoms with Gasteiger partial charge < -0.3 is 10.3 Å². The maximum absolute atomic E-state index is 4.00. The van der Waals surface area contributed by atoms with Crippen LogP contribution in [0.3, 0.4) is 0 Å². The molecule has 0 radical (unpaired) electrons. The van der Waals surface area contributed by atoms with Crippen molar-refractivity contribution >= 4 is 10.8 Å². The van der Waals surface area contributed by atoms with Gasteiger partial charge in [0.15, 0.2) is 0 Å². The van der Waals surface area contributed by atoms with Gasteiger partial charge in [-0.2, -0.15) is 0 Å². The first-order valence-corrected chi connectivity index (χ1v) is 6.08. The molecular weight excluding hydrogens is 222 g/mol. The van der Waals surface area contributed by atoms with E-state index in [1.165, 1.54) is 16.3 Å². The summed E-state index contributed by atoms with van der Waals surface area (Å²) in [6.45, 7) is 1.67. The van der Waals surface area contributed by atoms with Crippen molar-refractivity contribution in [3.8, 4) is 0 Å². The molecule has 2 aromatic carbocycles. The summed E-state index contributed by atoms with van der Waals surface area (Å²) in [6, 6.07) is 14.9. The van der Waals surface area contributed by atoms with Gasteiger partial charge in [0.2, 0.25) is 0 Å². The van der Waals surface area contributed by atoms with E-state index < -0.39 is 0 Å². The van der Waals surface area contributed by atoms with E-state index in [0.717, 1.165) is 18.8 Å². The Kier molecular flexibility index (Phi) is 3.07. The maximum Gasteiger partial charge on any atom is 0.0922 e. The molecule has 3 aromatic rings. The summed E-state index contributed by atoms with van der Waals surface area (Å²) in [6.07, 6.45) is 3.55. The number of hydrogen-bond acceptors (Lipinski definition) is 2. The van der Waals surface area contributed by atoms with E-state index in [9.17, 15) is 0 Å². The molecule has 2 N–H and O–H groups in total.